The molecule has 1 fully saturated rings. The molecule has 1 aliphatic carbocycles. The molecule has 0 heterocycles. The lowest BCUT2D eigenvalue weighted by Crippen LogP contribution is -2.23. The summed E-state index contributed by atoms with van der Waals surface area (Å²) in [6.45, 7) is 10.2. The molecule has 1 rings (SSSR count). The average molecular weight is 340 g/mol. The smallest absolute Gasteiger partial charge is 0.136 e. The Labute approximate surface area is 148 Å². The molecule has 0 N–H and O–H groups in total. The van der Waals surface area contributed by atoms with Crippen molar-refractivity contribution < 1.29 is 14.4 Å². The van der Waals surface area contributed by atoms with Crippen LogP contribution in [0.15, 0.2) is 0 Å². The molecule has 0 bridgehead atoms. The Balaban J connectivity index is 2.10. The molecule has 140 valence electrons. The number of carbonyl (C=O) groups excluding carboxylic acids is 2. The van der Waals surface area contributed by atoms with Gasteiger partial charge in [0.2, 0.25) is 0 Å². The monoisotopic (exact) mass is 339 g/mol. The van der Waals surface area contributed by atoms with Crippen molar-refractivity contribution in [2.75, 3.05) is 20.2 Å². The Kier molecular flexibility index (Phi) is 9.14. The topological polar surface area (TPSA) is 46.6 Å². The van der Waals surface area contributed by atoms with Crippen LogP contribution in [0.4, 0.5) is 0 Å². The molecular weight excluding hydrogens is 302 g/mol. The van der Waals surface area contributed by atoms with E-state index in [0.29, 0.717) is 29.8 Å². The SMILES string of the molecule is CCC(=O)C1CCC(C(=O)CCCCN(C)OCCC(C)(C)C)C1. The average Bonchev–Trinajstić information content (AvgIpc) is 2.99. The van der Waals surface area contributed by atoms with Crippen LogP contribution in [0.1, 0.15) is 79.1 Å². The standard InChI is InChI=1S/C20H37NO3/c1-6-18(22)16-10-11-17(15-16)19(23)9-7-8-13-21(5)24-14-12-20(2,3)4/h16-17H,6-15H2,1-5H3. The van der Waals surface area contributed by atoms with E-state index in [1.165, 1.54) is 0 Å². The summed E-state index contributed by atoms with van der Waals surface area (Å²) in [5.74, 6) is 0.967. The van der Waals surface area contributed by atoms with Crippen LogP contribution >= 0.6 is 0 Å². The maximum Gasteiger partial charge on any atom is 0.136 e. The molecule has 0 amide bonds. The molecule has 0 radical (unpaired) electrons. The molecule has 1 saturated carbocycles. The van der Waals surface area contributed by atoms with Crippen LogP contribution in [0.25, 0.3) is 0 Å². The minimum Gasteiger partial charge on any atom is -0.299 e. The van der Waals surface area contributed by atoms with Crippen molar-refractivity contribution in [3.8, 4) is 0 Å². The molecule has 24 heavy (non-hydrogen) atoms. The predicted octanol–water partition coefficient (Wildman–Crippen LogP) is 4.42. The van der Waals surface area contributed by atoms with E-state index in [-0.39, 0.29) is 11.8 Å². The quantitative estimate of drug-likeness (QED) is 0.413. The highest BCUT2D eigenvalue weighted by atomic mass is 16.7. The molecule has 0 saturated heterocycles. The minimum atomic E-state index is 0.131. The Morgan fingerprint density at radius 3 is 2.29 bits per heavy atom. The first-order chi connectivity index (χ1) is 11.2. The highest BCUT2D eigenvalue weighted by molar-refractivity contribution is 5.85. The first-order valence-corrected chi connectivity index (χ1v) is 9.62. The molecule has 2 unspecified atom stereocenters. The Hall–Kier alpha value is -0.740. The summed E-state index contributed by atoms with van der Waals surface area (Å²) < 4.78 is 0. The van der Waals surface area contributed by atoms with Crippen LogP contribution in [0.3, 0.4) is 0 Å². The van der Waals surface area contributed by atoms with E-state index in [1.807, 2.05) is 19.0 Å². The van der Waals surface area contributed by atoms with Crippen LogP contribution in [0.5, 0.6) is 0 Å². The summed E-state index contributed by atoms with van der Waals surface area (Å²) in [6.07, 6.45) is 6.78. The summed E-state index contributed by atoms with van der Waals surface area (Å²) in [5, 5.41) is 1.89. The summed E-state index contributed by atoms with van der Waals surface area (Å²) in [4.78, 5) is 29.7. The van der Waals surface area contributed by atoms with Gasteiger partial charge in [-0.2, -0.15) is 5.06 Å². The maximum atomic E-state index is 12.3. The van der Waals surface area contributed by atoms with Gasteiger partial charge in [-0.3, -0.25) is 14.4 Å². The number of carbonyl (C=O) groups is 2. The number of nitrogens with zero attached hydrogens (tertiary/aromatic N) is 1. The second-order valence-electron chi connectivity index (χ2n) is 8.45. The normalized spacial score (nSPS) is 21.4. The number of unbranched alkanes of at least 4 members (excludes halogenated alkanes) is 1. The first kappa shape index (κ1) is 21.3. The zero-order valence-corrected chi connectivity index (χ0v) is 16.4. The highest BCUT2D eigenvalue weighted by Gasteiger charge is 2.32. The fourth-order valence-electron chi connectivity index (χ4n) is 3.27. The third-order valence-electron chi connectivity index (χ3n) is 5.00. The summed E-state index contributed by atoms with van der Waals surface area (Å²) >= 11 is 0. The minimum absolute atomic E-state index is 0.131. The van der Waals surface area contributed by atoms with E-state index in [1.54, 1.807) is 0 Å². The van der Waals surface area contributed by atoms with Crippen molar-refractivity contribution in [1.82, 2.24) is 5.06 Å². The van der Waals surface area contributed by atoms with Gasteiger partial charge in [0.1, 0.15) is 11.6 Å². The van der Waals surface area contributed by atoms with Crippen LogP contribution in [-0.2, 0) is 14.4 Å². The lowest BCUT2D eigenvalue weighted by atomic mass is 9.93. The molecule has 0 aromatic carbocycles. The molecule has 4 heteroatoms. The third-order valence-corrected chi connectivity index (χ3v) is 5.00. The molecule has 1 aliphatic rings. The van der Waals surface area contributed by atoms with Crippen molar-refractivity contribution in [2.45, 2.75) is 79.1 Å². The van der Waals surface area contributed by atoms with Gasteiger partial charge in [0.05, 0.1) is 6.61 Å². The van der Waals surface area contributed by atoms with Gasteiger partial charge in [0.15, 0.2) is 0 Å². The van der Waals surface area contributed by atoms with Crippen molar-refractivity contribution in [3.63, 3.8) is 0 Å². The van der Waals surface area contributed by atoms with E-state index < -0.39 is 0 Å². The number of Topliss-reactive ketones (excluding diaryl/α,β-unsaturated/α-hetero) is 2. The molecule has 2 atom stereocenters. The van der Waals surface area contributed by atoms with Crippen molar-refractivity contribution in [1.29, 1.82) is 0 Å². The van der Waals surface area contributed by atoms with Crippen LogP contribution in [-0.4, -0.2) is 36.8 Å². The molecule has 0 aromatic heterocycles. The molecular formula is C20H37NO3. The molecule has 0 spiro atoms. The van der Waals surface area contributed by atoms with E-state index >= 15 is 0 Å². The zero-order chi connectivity index (χ0) is 18.2. The van der Waals surface area contributed by atoms with Gasteiger partial charge in [0, 0.05) is 38.3 Å². The number of ketones is 2. The number of hydrogen-bond donors (Lipinski definition) is 0. The third kappa shape index (κ3) is 8.39. The van der Waals surface area contributed by atoms with Crippen LogP contribution in [0, 0.1) is 17.3 Å². The van der Waals surface area contributed by atoms with E-state index in [9.17, 15) is 9.59 Å². The van der Waals surface area contributed by atoms with Gasteiger partial charge in [-0.05, 0) is 43.9 Å². The largest absolute Gasteiger partial charge is 0.299 e. The number of hydrogen-bond acceptors (Lipinski definition) is 4. The Morgan fingerprint density at radius 2 is 1.71 bits per heavy atom. The lowest BCUT2D eigenvalue weighted by molar-refractivity contribution is -0.146. The summed E-state index contributed by atoms with van der Waals surface area (Å²) in [6, 6.07) is 0. The lowest BCUT2D eigenvalue weighted by Gasteiger charge is -2.21. The highest BCUT2D eigenvalue weighted by Crippen LogP contribution is 2.33. The van der Waals surface area contributed by atoms with Crippen LogP contribution in [0.2, 0.25) is 0 Å². The van der Waals surface area contributed by atoms with Crippen molar-refractivity contribution >= 4 is 11.6 Å². The Morgan fingerprint density at radius 1 is 1.08 bits per heavy atom. The van der Waals surface area contributed by atoms with Gasteiger partial charge in [-0.1, -0.05) is 27.7 Å². The van der Waals surface area contributed by atoms with Crippen molar-refractivity contribution in [3.05, 3.63) is 0 Å². The van der Waals surface area contributed by atoms with Gasteiger partial charge < -0.3 is 0 Å². The van der Waals surface area contributed by atoms with Crippen molar-refractivity contribution in [2.24, 2.45) is 17.3 Å². The second kappa shape index (κ2) is 10.3. The molecule has 0 aromatic rings. The first-order valence-electron chi connectivity index (χ1n) is 9.62. The fourth-order valence-corrected chi connectivity index (χ4v) is 3.27. The summed E-state index contributed by atoms with van der Waals surface area (Å²) in [5.41, 5.74) is 0.297. The molecule has 4 nitrogen and oxygen atoms in total. The van der Waals surface area contributed by atoms with Gasteiger partial charge in [-0.15, -0.1) is 0 Å². The second-order valence-corrected chi connectivity index (χ2v) is 8.45. The van der Waals surface area contributed by atoms with Gasteiger partial charge in [0.25, 0.3) is 0 Å². The maximum absolute atomic E-state index is 12.3. The van der Waals surface area contributed by atoms with E-state index in [0.717, 1.165) is 51.7 Å². The number of hydroxylamine groups is 2. The molecule has 0 aliphatic heterocycles. The zero-order valence-electron chi connectivity index (χ0n) is 16.4. The summed E-state index contributed by atoms with van der Waals surface area (Å²) in [7, 11) is 1.96. The van der Waals surface area contributed by atoms with Gasteiger partial charge in [-0.25, -0.2) is 0 Å². The van der Waals surface area contributed by atoms with Gasteiger partial charge >= 0.3 is 0 Å². The fraction of sp³-hybridized carbons (Fsp3) is 0.900. The Bertz CT molecular complexity index is 400. The van der Waals surface area contributed by atoms with E-state index in [4.69, 9.17) is 4.84 Å². The van der Waals surface area contributed by atoms with E-state index in [2.05, 4.69) is 20.8 Å². The van der Waals surface area contributed by atoms with Crippen LogP contribution < -0.4 is 0 Å². The number of rotatable bonds is 11. The predicted molar refractivity (Wildman–Crippen MR) is 97.6 cm³/mol.